The second kappa shape index (κ2) is 7.71. The third-order valence-corrected chi connectivity index (χ3v) is 1.77. The molecule has 0 aliphatic carbocycles. The Balaban J connectivity index is 3.73. The minimum absolute atomic E-state index is 0.304. The quantitative estimate of drug-likeness (QED) is 0.349. The maximum Gasteiger partial charge on any atom is 0.334 e. The molecule has 0 N–H and O–H groups in total. The number of hydrogen-bond acceptors (Lipinski definition) is 4. The Morgan fingerprint density at radius 2 is 2.08 bits per heavy atom. The van der Waals surface area contributed by atoms with Crippen molar-refractivity contribution in [3.63, 3.8) is 0 Å². The number of unbranched alkanes of at least 4 members (excludes halogenated alkanes) is 2. The first-order chi connectivity index (χ1) is 6.26. The van der Waals surface area contributed by atoms with Gasteiger partial charge in [0.05, 0.1) is 6.61 Å². The van der Waals surface area contributed by atoms with Crippen LogP contribution < -0.4 is 0 Å². The van der Waals surface area contributed by atoms with Crippen molar-refractivity contribution in [2.45, 2.75) is 45.6 Å². The summed E-state index contributed by atoms with van der Waals surface area (Å²) in [6.45, 7) is 4.08. The van der Waals surface area contributed by atoms with Gasteiger partial charge in [-0.1, -0.05) is 31.4 Å². The van der Waals surface area contributed by atoms with Crippen LogP contribution in [-0.4, -0.2) is 18.6 Å². The molecule has 0 bridgehead atoms. The summed E-state index contributed by atoms with van der Waals surface area (Å²) in [4.78, 5) is 21.3. The Morgan fingerprint density at radius 3 is 2.54 bits per heavy atom. The van der Waals surface area contributed by atoms with E-state index < -0.39 is 12.0 Å². The summed E-state index contributed by atoms with van der Waals surface area (Å²) < 4.78 is 4.69. The molecule has 0 radical (unpaired) electrons. The molecule has 0 aliphatic rings. The molecule has 0 aromatic heterocycles. The maximum absolute atomic E-state index is 11.1. The molecular weight excluding hydrogens is 170 g/mol. The fraction of sp³-hybridized carbons (Fsp3) is 0.889. The zero-order chi connectivity index (χ0) is 10.1. The van der Waals surface area contributed by atoms with Gasteiger partial charge in [0.15, 0.2) is 6.04 Å². The molecule has 1 unspecified atom stereocenters. The van der Waals surface area contributed by atoms with E-state index in [1.807, 2.05) is 0 Å². The number of nitrogens with zero attached hydrogens (tertiary/aromatic N) is 1. The smallest absolute Gasteiger partial charge is 0.334 e. The standard InChI is InChI=1S/C9H17NO3/c1-3-5-6-7-8(10-12)9(11)13-4-2/h8H,3-7H2,1-2H3. The van der Waals surface area contributed by atoms with Crippen LogP contribution in [0, 0.1) is 4.91 Å². The van der Waals surface area contributed by atoms with Gasteiger partial charge in [-0.25, -0.2) is 4.79 Å². The van der Waals surface area contributed by atoms with Crippen molar-refractivity contribution in [3.8, 4) is 0 Å². The van der Waals surface area contributed by atoms with E-state index in [-0.39, 0.29) is 0 Å². The highest BCUT2D eigenvalue weighted by molar-refractivity contribution is 5.75. The average Bonchev–Trinajstić information content (AvgIpc) is 2.13. The van der Waals surface area contributed by atoms with Gasteiger partial charge in [0, 0.05) is 0 Å². The maximum atomic E-state index is 11.1. The lowest BCUT2D eigenvalue weighted by Gasteiger charge is -2.06. The number of nitroso groups, excluding NO2 is 1. The first-order valence-corrected chi connectivity index (χ1v) is 4.75. The molecule has 0 aromatic carbocycles. The van der Waals surface area contributed by atoms with Gasteiger partial charge in [-0.3, -0.25) is 0 Å². The number of ether oxygens (including phenoxy) is 1. The minimum Gasteiger partial charge on any atom is -0.464 e. The highest BCUT2D eigenvalue weighted by Crippen LogP contribution is 2.07. The predicted octanol–water partition coefficient (Wildman–Crippen LogP) is 2.26. The summed E-state index contributed by atoms with van der Waals surface area (Å²) in [5.41, 5.74) is 0. The van der Waals surface area contributed by atoms with Crippen molar-refractivity contribution in [2.24, 2.45) is 5.18 Å². The van der Waals surface area contributed by atoms with E-state index in [2.05, 4.69) is 12.1 Å². The third kappa shape index (κ3) is 5.33. The van der Waals surface area contributed by atoms with Crippen LogP contribution in [0.15, 0.2) is 5.18 Å². The van der Waals surface area contributed by atoms with Crippen molar-refractivity contribution < 1.29 is 9.53 Å². The molecule has 4 heteroatoms. The molecule has 0 rings (SSSR count). The average molecular weight is 187 g/mol. The molecule has 76 valence electrons. The number of carbonyl (C=O) groups excluding carboxylic acids is 1. The number of esters is 1. The molecule has 0 amide bonds. The Bertz CT molecular complexity index is 159. The van der Waals surface area contributed by atoms with Crippen LogP contribution in [0.4, 0.5) is 0 Å². The van der Waals surface area contributed by atoms with Crippen LogP contribution in [0.5, 0.6) is 0 Å². The van der Waals surface area contributed by atoms with Gasteiger partial charge in [0.2, 0.25) is 0 Å². The zero-order valence-corrected chi connectivity index (χ0v) is 8.28. The van der Waals surface area contributed by atoms with Gasteiger partial charge >= 0.3 is 5.97 Å². The summed E-state index contributed by atoms with van der Waals surface area (Å²) in [7, 11) is 0. The van der Waals surface area contributed by atoms with Crippen molar-refractivity contribution in [1.29, 1.82) is 0 Å². The fourth-order valence-corrected chi connectivity index (χ4v) is 1.04. The van der Waals surface area contributed by atoms with E-state index in [4.69, 9.17) is 4.74 Å². The van der Waals surface area contributed by atoms with Crippen LogP contribution in [-0.2, 0) is 9.53 Å². The summed E-state index contributed by atoms with van der Waals surface area (Å²) in [6, 6.07) is -0.800. The Kier molecular flexibility index (Phi) is 7.15. The van der Waals surface area contributed by atoms with Gasteiger partial charge in [-0.15, -0.1) is 4.91 Å². The van der Waals surface area contributed by atoms with Crippen molar-refractivity contribution in [1.82, 2.24) is 0 Å². The lowest BCUT2D eigenvalue weighted by atomic mass is 10.1. The van der Waals surface area contributed by atoms with Gasteiger partial charge in [0.1, 0.15) is 0 Å². The number of hydrogen-bond donors (Lipinski definition) is 0. The van der Waals surface area contributed by atoms with Gasteiger partial charge in [0.25, 0.3) is 0 Å². The van der Waals surface area contributed by atoms with Crippen molar-refractivity contribution in [3.05, 3.63) is 4.91 Å². The van der Waals surface area contributed by atoms with Crippen LogP contribution in [0.1, 0.15) is 39.5 Å². The molecule has 0 saturated carbocycles. The molecule has 0 aliphatic heterocycles. The second-order valence-electron chi connectivity index (χ2n) is 2.87. The lowest BCUT2D eigenvalue weighted by Crippen LogP contribution is -2.20. The molecule has 0 heterocycles. The summed E-state index contributed by atoms with van der Waals surface area (Å²) in [6.07, 6.45) is 3.45. The molecule has 0 fully saturated rings. The van der Waals surface area contributed by atoms with E-state index in [0.29, 0.717) is 13.0 Å². The number of rotatable bonds is 7. The first kappa shape index (κ1) is 12.1. The predicted molar refractivity (Wildman–Crippen MR) is 50.4 cm³/mol. The molecule has 0 saturated heterocycles. The third-order valence-electron chi connectivity index (χ3n) is 1.77. The van der Waals surface area contributed by atoms with Gasteiger partial charge < -0.3 is 4.74 Å². The first-order valence-electron chi connectivity index (χ1n) is 4.75. The SMILES string of the molecule is CCCCCC(N=O)C(=O)OCC. The van der Waals surface area contributed by atoms with Crippen LogP contribution >= 0.6 is 0 Å². The molecule has 4 nitrogen and oxygen atoms in total. The van der Waals surface area contributed by atoms with Gasteiger partial charge in [-0.2, -0.15) is 0 Å². The van der Waals surface area contributed by atoms with Crippen LogP contribution in [0.2, 0.25) is 0 Å². The molecular formula is C9H17NO3. The largest absolute Gasteiger partial charge is 0.464 e. The van der Waals surface area contributed by atoms with Crippen LogP contribution in [0.25, 0.3) is 0 Å². The summed E-state index contributed by atoms with van der Waals surface area (Å²) >= 11 is 0. The Labute approximate surface area is 78.6 Å². The second-order valence-corrected chi connectivity index (χ2v) is 2.87. The monoisotopic (exact) mass is 187 g/mol. The van der Waals surface area contributed by atoms with Crippen LogP contribution in [0.3, 0.4) is 0 Å². The molecule has 0 spiro atoms. The van der Waals surface area contributed by atoms with Crippen molar-refractivity contribution in [2.75, 3.05) is 6.61 Å². The van der Waals surface area contributed by atoms with E-state index in [1.54, 1.807) is 6.92 Å². The van der Waals surface area contributed by atoms with Crippen molar-refractivity contribution >= 4 is 5.97 Å². The van der Waals surface area contributed by atoms with E-state index in [9.17, 15) is 9.70 Å². The Morgan fingerprint density at radius 1 is 1.38 bits per heavy atom. The fourth-order valence-electron chi connectivity index (χ4n) is 1.04. The van der Waals surface area contributed by atoms with E-state index in [0.717, 1.165) is 19.3 Å². The number of carbonyl (C=O) groups is 1. The Hall–Kier alpha value is -0.930. The summed E-state index contributed by atoms with van der Waals surface area (Å²) in [5.74, 6) is -0.492. The van der Waals surface area contributed by atoms with E-state index in [1.165, 1.54) is 0 Å². The van der Waals surface area contributed by atoms with E-state index >= 15 is 0 Å². The topological polar surface area (TPSA) is 55.7 Å². The molecule has 13 heavy (non-hydrogen) atoms. The molecule has 0 aromatic rings. The zero-order valence-electron chi connectivity index (χ0n) is 8.28. The van der Waals surface area contributed by atoms with Gasteiger partial charge in [-0.05, 0) is 13.3 Å². The minimum atomic E-state index is -0.800. The highest BCUT2D eigenvalue weighted by atomic mass is 16.5. The summed E-state index contributed by atoms with van der Waals surface area (Å²) in [5, 5.41) is 2.75. The molecule has 1 atom stereocenters. The normalized spacial score (nSPS) is 12.2. The highest BCUT2D eigenvalue weighted by Gasteiger charge is 2.19. The lowest BCUT2D eigenvalue weighted by molar-refractivity contribution is -0.144.